The van der Waals surface area contributed by atoms with Crippen molar-refractivity contribution in [3.05, 3.63) is 63.4 Å². The first-order valence-electron chi connectivity index (χ1n) is 6.13. The van der Waals surface area contributed by atoms with Gasteiger partial charge < -0.3 is 5.32 Å². The highest BCUT2D eigenvalue weighted by atomic mass is 32.1. The predicted molar refractivity (Wildman–Crippen MR) is 81.3 cm³/mol. The molecule has 21 heavy (non-hydrogen) atoms. The number of hydrogen-bond acceptors (Lipinski definition) is 3. The van der Waals surface area contributed by atoms with E-state index in [1.807, 2.05) is 29.0 Å². The average molecular weight is 325 g/mol. The van der Waals surface area contributed by atoms with Gasteiger partial charge in [-0.2, -0.15) is 0 Å². The Bertz CT molecular complexity index is 727. The molecule has 0 amide bonds. The van der Waals surface area contributed by atoms with E-state index in [9.17, 15) is 13.2 Å². The van der Waals surface area contributed by atoms with E-state index in [1.165, 1.54) is 4.88 Å². The number of thiophene rings is 2. The number of halogens is 3. The molecule has 108 valence electrons. The molecule has 1 aromatic carbocycles. The summed E-state index contributed by atoms with van der Waals surface area (Å²) >= 11 is 3.22. The summed E-state index contributed by atoms with van der Waals surface area (Å²) in [5.41, 5.74) is 1.35. The highest BCUT2D eigenvalue weighted by Crippen LogP contribution is 2.29. The lowest BCUT2D eigenvalue weighted by Gasteiger charge is -2.06. The van der Waals surface area contributed by atoms with Gasteiger partial charge in [-0.3, -0.25) is 0 Å². The SMILES string of the molecule is Fc1cc(NCc2cc(-c3cccs3)cs2)cc(F)c1F. The van der Waals surface area contributed by atoms with Crippen LogP contribution in [0.15, 0.2) is 41.1 Å². The fourth-order valence-electron chi connectivity index (χ4n) is 1.89. The van der Waals surface area contributed by atoms with Crippen molar-refractivity contribution in [2.75, 3.05) is 5.32 Å². The van der Waals surface area contributed by atoms with Crippen LogP contribution in [0.25, 0.3) is 10.4 Å². The van der Waals surface area contributed by atoms with Crippen LogP contribution in [0.3, 0.4) is 0 Å². The second-order valence-electron chi connectivity index (χ2n) is 4.39. The standard InChI is InChI=1S/C15H10F3NS2/c16-12-5-10(6-13(17)15(12)18)19-7-11-4-9(8-21-11)14-2-1-3-20-14/h1-6,8,19H,7H2. The van der Waals surface area contributed by atoms with Crippen LogP contribution in [0.1, 0.15) is 4.88 Å². The van der Waals surface area contributed by atoms with Crippen LogP contribution >= 0.6 is 22.7 Å². The van der Waals surface area contributed by atoms with Gasteiger partial charge in [0.25, 0.3) is 0 Å². The van der Waals surface area contributed by atoms with Crippen LogP contribution in [0.4, 0.5) is 18.9 Å². The first-order valence-corrected chi connectivity index (χ1v) is 7.89. The van der Waals surface area contributed by atoms with Gasteiger partial charge in [0.1, 0.15) is 0 Å². The number of rotatable bonds is 4. The third-order valence-corrected chi connectivity index (χ3v) is 4.77. The lowest BCUT2D eigenvalue weighted by Crippen LogP contribution is -2.00. The number of hydrogen-bond donors (Lipinski definition) is 1. The molecule has 0 aliphatic rings. The molecule has 0 bridgehead atoms. The summed E-state index contributed by atoms with van der Waals surface area (Å²) in [5, 5.41) is 6.94. The second-order valence-corrected chi connectivity index (χ2v) is 6.33. The maximum atomic E-state index is 13.1. The average Bonchev–Trinajstić information content (AvgIpc) is 3.12. The third-order valence-electron chi connectivity index (χ3n) is 2.91. The first kappa shape index (κ1) is 14.2. The highest BCUT2D eigenvalue weighted by Gasteiger charge is 2.10. The molecule has 0 aliphatic carbocycles. The quantitative estimate of drug-likeness (QED) is 0.624. The van der Waals surface area contributed by atoms with Crippen LogP contribution in [-0.4, -0.2) is 0 Å². The minimum absolute atomic E-state index is 0.220. The smallest absolute Gasteiger partial charge is 0.194 e. The van der Waals surface area contributed by atoms with Crippen molar-refractivity contribution in [2.45, 2.75) is 6.54 Å². The van der Waals surface area contributed by atoms with Gasteiger partial charge in [-0.15, -0.1) is 22.7 Å². The van der Waals surface area contributed by atoms with Gasteiger partial charge in [0.05, 0.1) is 0 Å². The molecule has 1 nitrogen and oxygen atoms in total. The van der Waals surface area contributed by atoms with Gasteiger partial charge in [-0.05, 0) is 22.9 Å². The zero-order valence-electron chi connectivity index (χ0n) is 10.7. The minimum Gasteiger partial charge on any atom is -0.380 e. The maximum Gasteiger partial charge on any atom is 0.194 e. The van der Waals surface area contributed by atoms with Crippen LogP contribution < -0.4 is 5.32 Å². The predicted octanol–water partition coefficient (Wildman–Crippen LogP) is 5.51. The lowest BCUT2D eigenvalue weighted by molar-refractivity contribution is 0.447. The van der Waals surface area contributed by atoms with Crippen LogP contribution in [-0.2, 0) is 6.54 Å². The Labute approximate surface area is 127 Å². The van der Waals surface area contributed by atoms with Crippen molar-refractivity contribution in [1.82, 2.24) is 0 Å². The third kappa shape index (κ3) is 3.11. The zero-order chi connectivity index (χ0) is 14.8. The highest BCUT2D eigenvalue weighted by molar-refractivity contribution is 7.14. The normalized spacial score (nSPS) is 10.8. The molecule has 3 aromatic rings. The zero-order valence-corrected chi connectivity index (χ0v) is 12.3. The van der Waals surface area contributed by atoms with Gasteiger partial charge in [0, 0.05) is 39.7 Å². The van der Waals surface area contributed by atoms with Crippen LogP contribution in [0.2, 0.25) is 0 Å². The Morgan fingerprint density at radius 1 is 1.00 bits per heavy atom. The lowest BCUT2D eigenvalue weighted by atomic mass is 10.2. The molecule has 0 saturated carbocycles. The molecule has 0 atom stereocenters. The monoisotopic (exact) mass is 325 g/mol. The Morgan fingerprint density at radius 3 is 2.43 bits per heavy atom. The molecule has 0 radical (unpaired) electrons. The van der Waals surface area contributed by atoms with Crippen molar-refractivity contribution in [2.24, 2.45) is 0 Å². The van der Waals surface area contributed by atoms with E-state index in [0.29, 0.717) is 6.54 Å². The minimum atomic E-state index is -1.45. The van der Waals surface area contributed by atoms with Crippen molar-refractivity contribution < 1.29 is 13.2 Å². The fourth-order valence-corrected chi connectivity index (χ4v) is 3.51. The summed E-state index contributed by atoms with van der Waals surface area (Å²) in [5.74, 6) is -3.83. The Morgan fingerprint density at radius 2 is 1.76 bits per heavy atom. The second kappa shape index (κ2) is 5.91. The molecule has 3 rings (SSSR count). The molecular weight excluding hydrogens is 315 g/mol. The van der Waals surface area contributed by atoms with Gasteiger partial charge >= 0.3 is 0 Å². The van der Waals surface area contributed by atoms with E-state index >= 15 is 0 Å². The Hall–Kier alpha value is -1.79. The Balaban J connectivity index is 1.71. The van der Waals surface area contributed by atoms with E-state index in [1.54, 1.807) is 22.7 Å². The first-order chi connectivity index (χ1) is 10.1. The number of anilines is 1. The summed E-state index contributed by atoms with van der Waals surface area (Å²) in [6, 6.07) is 7.95. The molecular formula is C15H10F3NS2. The molecule has 0 fully saturated rings. The van der Waals surface area contributed by atoms with Crippen molar-refractivity contribution in [1.29, 1.82) is 0 Å². The van der Waals surface area contributed by atoms with Gasteiger partial charge in [-0.25, -0.2) is 13.2 Å². The summed E-state index contributed by atoms with van der Waals surface area (Å²) < 4.78 is 39.1. The summed E-state index contributed by atoms with van der Waals surface area (Å²) in [7, 11) is 0. The fraction of sp³-hybridized carbons (Fsp3) is 0.0667. The van der Waals surface area contributed by atoms with Crippen molar-refractivity contribution >= 4 is 28.4 Å². The topological polar surface area (TPSA) is 12.0 Å². The summed E-state index contributed by atoms with van der Waals surface area (Å²) in [6.45, 7) is 0.431. The Kier molecular flexibility index (Phi) is 3.98. The van der Waals surface area contributed by atoms with Crippen molar-refractivity contribution in [3.8, 4) is 10.4 Å². The molecule has 0 unspecified atom stereocenters. The number of nitrogens with one attached hydrogen (secondary N) is 1. The van der Waals surface area contributed by atoms with Gasteiger partial charge in [-0.1, -0.05) is 6.07 Å². The number of benzene rings is 1. The summed E-state index contributed by atoms with van der Waals surface area (Å²) in [4.78, 5) is 2.21. The van der Waals surface area contributed by atoms with E-state index in [-0.39, 0.29) is 5.69 Å². The molecule has 2 aromatic heterocycles. The van der Waals surface area contributed by atoms with Gasteiger partial charge in [0.2, 0.25) is 0 Å². The summed E-state index contributed by atoms with van der Waals surface area (Å²) in [6.07, 6.45) is 0. The van der Waals surface area contributed by atoms with E-state index in [4.69, 9.17) is 0 Å². The van der Waals surface area contributed by atoms with Gasteiger partial charge in [0.15, 0.2) is 17.5 Å². The van der Waals surface area contributed by atoms with E-state index < -0.39 is 17.5 Å². The molecule has 6 heteroatoms. The van der Waals surface area contributed by atoms with E-state index in [0.717, 1.165) is 22.6 Å². The molecule has 0 aliphatic heterocycles. The van der Waals surface area contributed by atoms with Crippen molar-refractivity contribution in [3.63, 3.8) is 0 Å². The maximum absolute atomic E-state index is 13.1. The molecule has 1 N–H and O–H groups in total. The molecule has 0 spiro atoms. The largest absolute Gasteiger partial charge is 0.380 e. The molecule has 2 heterocycles. The van der Waals surface area contributed by atoms with E-state index in [2.05, 4.69) is 5.32 Å². The molecule has 0 saturated heterocycles. The van der Waals surface area contributed by atoms with Crippen LogP contribution in [0, 0.1) is 17.5 Å². The van der Waals surface area contributed by atoms with Crippen LogP contribution in [0.5, 0.6) is 0 Å².